The second-order valence-electron chi connectivity index (χ2n) is 5.52. The maximum atomic E-state index is 12.3. The fourth-order valence-electron chi connectivity index (χ4n) is 2.15. The third kappa shape index (κ3) is 4.43. The van der Waals surface area contributed by atoms with Crippen molar-refractivity contribution in [1.29, 1.82) is 0 Å². The predicted octanol–water partition coefficient (Wildman–Crippen LogP) is 1.79. The summed E-state index contributed by atoms with van der Waals surface area (Å²) in [6.07, 6.45) is 4.44. The lowest BCUT2D eigenvalue weighted by Gasteiger charge is -2.17. The molecule has 21 heavy (non-hydrogen) atoms. The number of benzene rings is 1. The molecule has 0 radical (unpaired) electrons. The first-order valence-electron chi connectivity index (χ1n) is 7.03. The van der Waals surface area contributed by atoms with E-state index in [0.29, 0.717) is 6.54 Å². The maximum absolute atomic E-state index is 12.3. The van der Waals surface area contributed by atoms with Crippen molar-refractivity contribution in [2.75, 3.05) is 27.7 Å². The molecule has 0 atom stereocenters. The lowest BCUT2D eigenvalue weighted by molar-refractivity contribution is 0.0796. The molecule has 1 heterocycles. The highest BCUT2D eigenvalue weighted by molar-refractivity contribution is 5.94. The summed E-state index contributed by atoms with van der Waals surface area (Å²) in [5, 5.41) is 6.68. The first-order valence-corrected chi connectivity index (χ1v) is 7.03. The van der Waals surface area contributed by atoms with Crippen LogP contribution in [0.25, 0.3) is 0 Å². The van der Waals surface area contributed by atoms with Gasteiger partial charge in [0, 0.05) is 31.9 Å². The second kappa shape index (κ2) is 7.04. The second-order valence-corrected chi connectivity index (χ2v) is 5.52. The lowest BCUT2D eigenvalue weighted by Crippen LogP contribution is -2.28. The summed E-state index contributed by atoms with van der Waals surface area (Å²) in [6, 6.07) is 7.82. The van der Waals surface area contributed by atoms with Crippen LogP contribution in [0.4, 0.5) is 0 Å². The Morgan fingerprint density at radius 3 is 2.43 bits per heavy atom. The highest BCUT2D eigenvalue weighted by atomic mass is 16.2. The molecule has 0 bridgehead atoms. The van der Waals surface area contributed by atoms with Gasteiger partial charge >= 0.3 is 0 Å². The summed E-state index contributed by atoms with van der Waals surface area (Å²) in [5.41, 5.74) is 3.04. The van der Waals surface area contributed by atoms with Crippen LogP contribution in [0.1, 0.15) is 21.5 Å². The Hall–Kier alpha value is -2.14. The molecule has 1 N–H and O–H groups in total. The van der Waals surface area contributed by atoms with Crippen molar-refractivity contribution < 1.29 is 4.79 Å². The fraction of sp³-hybridized carbons (Fsp3) is 0.375. The number of carbonyl (C=O) groups is 1. The van der Waals surface area contributed by atoms with Crippen molar-refractivity contribution in [3.05, 3.63) is 53.3 Å². The number of nitrogens with one attached hydrogen (secondary N) is 1. The Kier molecular flexibility index (Phi) is 5.11. The third-order valence-electron chi connectivity index (χ3n) is 3.34. The van der Waals surface area contributed by atoms with Crippen molar-refractivity contribution in [2.24, 2.45) is 0 Å². The molecular weight excluding hydrogens is 264 g/mol. The molecule has 0 spiro atoms. The highest BCUT2D eigenvalue weighted by Gasteiger charge is 2.11. The number of nitrogens with zero attached hydrogens (tertiary/aromatic N) is 3. The van der Waals surface area contributed by atoms with E-state index in [9.17, 15) is 4.79 Å². The van der Waals surface area contributed by atoms with E-state index in [2.05, 4.69) is 15.1 Å². The molecule has 112 valence electrons. The molecule has 0 aliphatic rings. The number of likely N-dealkylation sites (N-methyl/N-ethyl adjacent to an activating group) is 1. The Bertz CT molecular complexity index is 560. The van der Waals surface area contributed by atoms with Gasteiger partial charge < -0.3 is 9.80 Å². The summed E-state index contributed by atoms with van der Waals surface area (Å²) in [7, 11) is 5.89. The van der Waals surface area contributed by atoms with Gasteiger partial charge in [0.2, 0.25) is 0 Å². The highest BCUT2D eigenvalue weighted by Crippen LogP contribution is 2.09. The predicted molar refractivity (Wildman–Crippen MR) is 83.1 cm³/mol. The van der Waals surface area contributed by atoms with Gasteiger partial charge in [0.15, 0.2) is 0 Å². The molecule has 5 heteroatoms. The molecule has 0 unspecified atom stereocenters. The van der Waals surface area contributed by atoms with Crippen LogP contribution >= 0.6 is 0 Å². The van der Waals surface area contributed by atoms with E-state index in [1.807, 2.05) is 51.6 Å². The van der Waals surface area contributed by atoms with E-state index >= 15 is 0 Å². The molecule has 1 amide bonds. The summed E-state index contributed by atoms with van der Waals surface area (Å²) >= 11 is 0. The van der Waals surface area contributed by atoms with E-state index < -0.39 is 0 Å². The molecule has 2 rings (SSSR count). The SMILES string of the molecule is CN(C)Cc1ccc(C(=O)N(C)CCc2cn[nH]c2)cc1. The van der Waals surface area contributed by atoms with E-state index in [1.54, 1.807) is 11.1 Å². The molecular formula is C16H22N4O. The van der Waals surface area contributed by atoms with Crippen LogP contribution in [0, 0.1) is 0 Å². The van der Waals surface area contributed by atoms with Gasteiger partial charge in [-0.3, -0.25) is 9.89 Å². The van der Waals surface area contributed by atoms with Gasteiger partial charge in [-0.25, -0.2) is 0 Å². The van der Waals surface area contributed by atoms with Crippen LogP contribution in [0.15, 0.2) is 36.7 Å². The van der Waals surface area contributed by atoms with E-state index in [-0.39, 0.29) is 5.91 Å². The monoisotopic (exact) mass is 286 g/mol. The van der Waals surface area contributed by atoms with Gasteiger partial charge in [0.25, 0.3) is 5.91 Å². The lowest BCUT2D eigenvalue weighted by atomic mass is 10.1. The number of hydrogen-bond donors (Lipinski definition) is 1. The quantitative estimate of drug-likeness (QED) is 0.881. The normalized spacial score (nSPS) is 10.9. The number of rotatable bonds is 6. The maximum Gasteiger partial charge on any atom is 0.253 e. The van der Waals surface area contributed by atoms with Gasteiger partial charge in [-0.1, -0.05) is 12.1 Å². The third-order valence-corrected chi connectivity index (χ3v) is 3.34. The molecule has 5 nitrogen and oxygen atoms in total. The van der Waals surface area contributed by atoms with Gasteiger partial charge in [-0.05, 0) is 43.8 Å². The topological polar surface area (TPSA) is 52.2 Å². The number of carbonyl (C=O) groups excluding carboxylic acids is 1. The number of amides is 1. The Morgan fingerprint density at radius 1 is 1.14 bits per heavy atom. The van der Waals surface area contributed by atoms with Crippen LogP contribution < -0.4 is 0 Å². The summed E-state index contributed by atoms with van der Waals surface area (Å²) in [6.45, 7) is 1.56. The number of aromatic amines is 1. The largest absolute Gasteiger partial charge is 0.341 e. The minimum Gasteiger partial charge on any atom is -0.341 e. The van der Waals surface area contributed by atoms with Crippen molar-refractivity contribution >= 4 is 5.91 Å². The molecule has 0 aliphatic heterocycles. The van der Waals surface area contributed by atoms with Crippen molar-refractivity contribution in [3.8, 4) is 0 Å². The molecule has 2 aromatic rings. The van der Waals surface area contributed by atoms with E-state index in [4.69, 9.17) is 0 Å². The minimum absolute atomic E-state index is 0.0508. The first kappa shape index (κ1) is 15.3. The first-order chi connectivity index (χ1) is 10.1. The fourth-order valence-corrected chi connectivity index (χ4v) is 2.15. The summed E-state index contributed by atoms with van der Waals surface area (Å²) in [5.74, 6) is 0.0508. The summed E-state index contributed by atoms with van der Waals surface area (Å²) in [4.78, 5) is 16.2. The molecule has 0 aliphatic carbocycles. The van der Waals surface area contributed by atoms with Crippen molar-refractivity contribution in [1.82, 2.24) is 20.0 Å². The van der Waals surface area contributed by atoms with Gasteiger partial charge in [-0.2, -0.15) is 5.10 Å². The Labute approximate surface area is 125 Å². The van der Waals surface area contributed by atoms with Crippen LogP contribution in [-0.4, -0.2) is 53.6 Å². The zero-order chi connectivity index (χ0) is 15.2. The molecule has 1 aromatic carbocycles. The van der Waals surface area contributed by atoms with Gasteiger partial charge in [0.1, 0.15) is 0 Å². The van der Waals surface area contributed by atoms with E-state index in [1.165, 1.54) is 5.56 Å². The van der Waals surface area contributed by atoms with Crippen molar-refractivity contribution in [2.45, 2.75) is 13.0 Å². The zero-order valence-electron chi connectivity index (χ0n) is 12.8. The summed E-state index contributed by atoms with van der Waals surface area (Å²) < 4.78 is 0. The van der Waals surface area contributed by atoms with Gasteiger partial charge in [0.05, 0.1) is 6.20 Å². The zero-order valence-corrected chi connectivity index (χ0v) is 12.8. The Morgan fingerprint density at radius 2 is 1.86 bits per heavy atom. The number of aromatic nitrogens is 2. The van der Waals surface area contributed by atoms with Crippen molar-refractivity contribution in [3.63, 3.8) is 0 Å². The van der Waals surface area contributed by atoms with Crippen LogP contribution in [0.2, 0.25) is 0 Å². The molecule has 1 aromatic heterocycles. The van der Waals surface area contributed by atoms with Crippen LogP contribution in [0.5, 0.6) is 0 Å². The Balaban J connectivity index is 1.92. The standard InChI is InChI=1S/C16H22N4O/c1-19(2)12-13-4-6-15(7-5-13)16(21)20(3)9-8-14-10-17-18-11-14/h4-7,10-11H,8-9,12H2,1-3H3,(H,17,18). The van der Waals surface area contributed by atoms with Crippen LogP contribution in [-0.2, 0) is 13.0 Å². The van der Waals surface area contributed by atoms with Gasteiger partial charge in [-0.15, -0.1) is 0 Å². The number of H-pyrrole nitrogens is 1. The smallest absolute Gasteiger partial charge is 0.253 e. The molecule has 0 saturated carbocycles. The molecule has 0 saturated heterocycles. The molecule has 0 fully saturated rings. The average Bonchev–Trinajstić information content (AvgIpc) is 2.97. The average molecular weight is 286 g/mol. The van der Waals surface area contributed by atoms with Crippen LogP contribution in [0.3, 0.4) is 0 Å². The number of hydrogen-bond acceptors (Lipinski definition) is 3. The van der Waals surface area contributed by atoms with E-state index in [0.717, 1.165) is 24.1 Å². The minimum atomic E-state index is 0.0508.